The van der Waals surface area contributed by atoms with Crippen molar-refractivity contribution in [3.63, 3.8) is 0 Å². The molecule has 1 heterocycles. The van der Waals surface area contributed by atoms with Gasteiger partial charge in [-0.1, -0.05) is 12.1 Å². The number of hydrogen-bond donors (Lipinski definition) is 2. The summed E-state index contributed by atoms with van der Waals surface area (Å²) in [4.78, 5) is 12.5. The van der Waals surface area contributed by atoms with Crippen LogP contribution in [-0.4, -0.2) is 17.6 Å². The number of carbonyl (C=O) groups excluding carboxylic acids is 1. The molecule has 1 amide bonds. The molecule has 0 bridgehead atoms. The van der Waals surface area contributed by atoms with Gasteiger partial charge in [0.05, 0.1) is 11.0 Å². The fourth-order valence-electron chi connectivity index (χ4n) is 1.68. The third-order valence-corrected chi connectivity index (χ3v) is 3.79. The van der Waals surface area contributed by atoms with Gasteiger partial charge in [-0.25, -0.2) is 4.39 Å². The van der Waals surface area contributed by atoms with Crippen molar-refractivity contribution in [2.75, 3.05) is 6.54 Å². The summed E-state index contributed by atoms with van der Waals surface area (Å²) < 4.78 is 12.7. The third-order valence-electron chi connectivity index (χ3n) is 2.78. The molecule has 19 heavy (non-hydrogen) atoms. The Labute approximate surface area is 114 Å². The first kappa shape index (κ1) is 13.7. The van der Waals surface area contributed by atoms with E-state index in [1.807, 2.05) is 18.4 Å². The highest BCUT2D eigenvalue weighted by Crippen LogP contribution is 2.16. The molecule has 2 aromatic rings. The quantitative estimate of drug-likeness (QED) is 0.904. The molecule has 1 aromatic heterocycles. The number of aryl methyl sites for hydroxylation is 1. The summed E-state index contributed by atoms with van der Waals surface area (Å²) in [6.45, 7) is 1.96. The lowest BCUT2D eigenvalue weighted by atomic mass is 10.1. The number of amides is 1. The zero-order chi connectivity index (χ0) is 13.8. The number of halogens is 1. The van der Waals surface area contributed by atoms with Gasteiger partial charge in [0, 0.05) is 6.54 Å². The molecule has 1 unspecified atom stereocenters. The first-order chi connectivity index (χ1) is 9.08. The summed E-state index contributed by atoms with van der Waals surface area (Å²) in [5, 5.41) is 14.4. The summed E-state index contributed by atoms with van der Waals surface area (Å²) >= 11 is 1.36. The minimum Gasteiger partial charge on any atom is -0.387 e. The molecule has 0 aliphatic heterocycles. The molecule has 0 radical (unpaired) electrons. The van der Waals surface area contributed by atoms with Gasteiger partial charge in [-0.15, -0.1) is 11.3 Å². The molecule has 0 spiro atoms. The van der Waals surface area contributed by atoms with Crippen molar-refractivity contribution in [1.29, 1.82) is 0 Å². The van der Waals surface area contributed by atoms with E-state index in [4.69, 9.17) is 0 Å². The Balaban J connectivity index is 1.94. The molecule has 2 N–H and O–H groups in total. The van der Waals surface area contributed by atoms with Gasteiger partial charge in [-0.3, -0.25) is 4.79 Å². The summed E-state index contributed by atoms with van der Waals surface area (Å²) in [5.74, 6) is -0.553. The Hall–Kier alpha value is -1.72. The summed E-state index contributed by atoms with van der Waals surface area (Å²) in [5.41, 5.74) is 1.49. The van der Waals surface area contributed by atoms with Crippen LogP contribution in [0.3, 0.4) is 0 Å². The van der Waals surface area contributed by atoms with Gasteiger partial charge in [-0.2, -0.15) is 0 Å². The SMILES string of the molecule is Cc1ccsc1C(=O)NCC(O)c1ccc(F)cc1. The smallest absolute Gasteiger partial charge is 0.261 e. The second-order valence-corrected chi connectivity index (χ2v) is 5.13. The number of aliphatic hydroxyl groups is 1. The van der Waals surface area contributed by atoms with Crippen molar-refractivity contribution in [2.24, 2.45) is 0 Å². The number of hydrogen-bond acceptors (Lipinski definition) is 3. The van der Waals surface area contributed by atoms with Gasteiger partial charge in [-0.05, 0) is 41.6 Å². The van der Waals surface area contributed by atoms with Crippen molar-refractivity contribution in [1.82, 2.24) is 5.32 Å². The Morgan fingerprint density at radius 3 is 2.63 bits per heavy atom. The number of benzene rings is 1. The molecule has 0 aliphatic carbocycles. The normalized spacial score (nSPS) is 12.2. The van der Waals surface area contributed by atoms with Crippen molar-refractivity contribution >= 4 is 17.2 Å². The third kappa shape index (κ3) is 3.39. The predicted octanol–water partition coefficient (Wildman–Crippen LogP) is 2.66. The highest BCUT2D eigenvalue weighted by molar-refractivity contribution is 7.12. The molecule has 1 aromatic carbocycles. The van der Waals surface area contributed by atoms with Crippen LogP contribution in [0.1, 0.15) is 26.9 Å². The lowest BCUT2D eigenvalue weighted by Gasteiger charge is -2.12. The van der Waals surface area contributed by atoms with Gasteiger partial charge in [0.2, 0.25) is 0 Å². The van der Waals surface area contributed by atoms with Gasteiger partial charge in [0.25, 0.3) is 5.91 Å². The minimum absolute atomic E-state index is 0.0990. The average molecular weight is 279 g/mol. The molecule has 1 atom stereocenters. The van der Waals surface area contributed by atoms with Crippen molar-refractivity contribution < 1.29 is 14.3 Å². The van der Waals surface area contributed by atoms with Crippen LogP contribution in [0, 0.1) is 12.7 Å². The standard InChI is InChI=1S/C14H14FNO2S/c1-9-6-7-19-13(9)14(18)16-8-12(17)10-2-4-11(15)5-3-10/h2-7,12,17H,8H2,1H3,(H,16,18). The van der Waals surface area contributed by atoms with E-state index >= 15 is 0 Å². The fraction of sp³-hybridized carbons (Fsp3) is 0.214. The number of rotatable bonds is 4. The maximum atomic E-state index is 12.7. The van der Waals surface area contributed by atoms with Crippen LogP contribution < -0.4 is 5.32 Å². The number of thiophene rings is 1. The average Bonchev–Trinajstić information content (AvgIpc) is 2.83. The summed E-state index contributed by atoms with van der Waals surface area (Å²) in [6.07, 6.45) is -0.843. The van der Waals surface area contributed by atoms with Gasteiger partial charge in [0.15, 0.2) is 0 Å². The van der Waals surface area contributed by atoms with Crippen LogP contribution >= 0.6 is 11.3 Å². The minimum atomic E-state index is -0.843. The first-order valence-electron chi connectivity index (χ1n) is 5.83. The van der Waals surface area contributed by atoms with Crippen LogP contribution in [0.25, 0.3) is 0 Å². The lowest BCUT2D eigenvalue weighted by Crippen LogP contribution is -2.28. The molecule has 3 nitrogen and oxygen atoms in total. The van der Waals surface area contributed by atoms with Gasteiger partial charge >= 0.3 is 0 Å². The Morgan fingerprint density at radius 1 is 1.37 bits per heavy atom. The second-order valence-electron chi connectivity index (χ2n) is 4.21. The zero-order valence-corrected chi connectivity index (χ0v) is 11.2. The van der Waals surface area contributed by atoms with E-state index in [0.717, 1.165) is 5.56 Å². The largest absolute Gasteiger partial charge is 0.387 e. The first-order valence-corrected chi connectivity index (χ1v) is 6.71. The van der Waals surface area contributed by atoms with E-state index in [9.17, 15) is 14.3 Å². The topological polar surface area (TPSA) is 49.3 Å². The van der Waals surface area contributed by atoms with E-state index in [1.165, 1.54) is 35.6 Å². The highest BCUT2D eigenvalue weighted by Gasteiger charge is 2.13. The molecular weight excluding hydrogens is 265 g/mol. The van der Waals surface area contributed by atoms with Crippen LogP contribution in [0.15, 0.2) is 35.7 Å². The maximum Gasteiger partial charge on any atom is 0.261 e. The molecule has 0 saturated carbocycles. The van der Waals surface area contributed by atoms with Crippen LogP contribution in [0.2, 0.25) is 0 Å². The Bertz CT molecular complexity index is 565. The summed E-state index contributed by atoms with van der Waals surface area (Å²) in [6, 6.07) is 7.44. The maximum absolute atomic E-state index is 12.7. The fourth-order valence-corrected chi connectivity index (χ4v) is 2.52. The molecular formula is C14H14FNO2S. The van der Waals surface area contributed by atoms with Crippen LogP contribution in [-0.2, 0) is 0 Å². The number of carbonyl (C=O) groups is 1. The second kappa shape index (κ2) is 5.95. The van der Waals surface area contributed by atoms with E-state index in [-0.39, 0.29) is 18.3 Å². The molecule has 0 aliphatic rings. The van der Waals surface area contributed by atoms with Gasteiger partial charge in [0.1, 0.15) is 5.82 Å². The Morgan fingerprint density at radius 2 is 2.05 bits per heavy atom. The predicted molar refractivity (Wildman–Crippen MR) is 72.7 cm³/mol. The highest BCUT2D eigenvalue weighted by atomic mass is 32.1. The molecule has 2 rings (SSSR count). The molecule has 5 heteroatoms. The molecule has 0 saturated heterocycles. The van der Waals surface area contributed by atoms with Crippen LogP contribution in [0.4, 0.5) is 4.39 Å². The number of aliphatic hydroxyl groups excluding tert-OH is 1. The van der Waals surface area contributed by atoms with E-state index in [2.05, 4.69) is 5.32 Å². The molecule has 100 valence electrons. The summed E-state index contributed by atoms with van der Waals surface area (Å²) in [7, 11) is 0. The zero-order valence-electron chi connectivity index (χ0n) is 10.4. The molecule has 0 fully saturated rings. The number of nitrogens with one attached hydrogen (secondary N) is 1. The van der Waals surface area contributed by atoms with Crippen molar-refractivity contribution in [3.05, 3.63) is 57.5 Å². The lowest BCUT2D eigenvalue weighted by molar-refractivity contribution is 0.0919. The van der Waals surface area contributed by atoms with Crippen molar-refractivity contribution in [3.8, 4) is 0 Å². The monoisotopic (exact) mass is 279 g/mol. The van der Waals surface area contributed by atoms with E-state index in [1.54, 1.807) is 0 Å². The van der Waals surface area contributed by atoms with E-state index in [0.29, 0.717) is 10.4 Å². The van der Waals surface area contributed by atoms with E-state index < -0.39 is 6.10 Å². The van der Waals surface area contributed by atoms with Crippen LogP contribution in [0.5, 0.6) is 0 Å². The van der Waals surface area contributed by atoms with Gasteiger partial charge < -0.3 is 10.4 Å². The Kier molecular flexibility index (Phi) is 4.29. The van der Waals surface area contributed by atoms with Crippen molar-refractivity contribution in [2.45, 2.75) is 13.0 Å².